The van der Waals surface area contributed by atoms with Gasteiger partial charge in [0.15, 0.2) is 11.5 Å². The van der Waals surface area contributed by atoms with E-state index < -0.39 is 0 Å². The van der Waals surface area contributed by atoms with E-state index in [4.69, 9.17) is 28.3 Å². The van der Waals surface area contributed by atoms with Crippen molar-refractivity contribution in [3.05, 3.63) is 47.0 Å². The molecule has 142 valence electrons. The largest absolute Gasteiger partial charge is 0.395 e. The van der Waals surface area contributed by atoms with E-state index in [1.54, 1.807) is 24.3 Å². The minimum absolute atomic E-state index is 0.000817. The van der Waals surface area contributed by atoms with E-state index in [-0.39, 0.29) is 6.61 Å². The van der Waals surface area contributed by atoms with Crippen molar-refractivity contribution in [2.24, 2.45) is 0 Å². The summed E-state index contributed by atoms with van der Waals surface area (Å²) < 4.78 is 0. The number of aromatic nitrogens is 6. The number of halogens is 2. The summed E-state index contributed by atoms with van der Waals surface area (Å²) in [4.78, 5) is 24.4. The van der Waals surface area contributed by atoms with Crippen LogP contribution in [0.5, 0.6) is 0 Å². The highest BCUT2D eigenvalue weighted by Crippen LogP contribution is 2.34. The predicted octanol–water partition coefficient (Wildman–Crippen LogP) is 3.26. The van der Waals surface area contributed by atoms with Gasteiger partial charge < -0.3 is 20.7 Å². The summed E-state index contributed by atoms with van der Waals surface area (Å²) in [6, 6.07) is 6.94. The van der Waals surface area contributed by atoms with Crippen LogP contribution in [0, 0.1) is 0 Å². The summed E-state index contributed by atoms with van der Waals surface area (Å²) in [6.07, 6.45) is 2.80. The van der Waals surface area contributed by atoms with Crippen molar-refractivity contribution in [1.82, 2.24) is 29.9 Å². The molecular weight excluding hydrogens is 403 g/mol. The molecule has 0 aliphatic rings. The first-order valence-electron chi connectivity index (χ1n) is 8.24. The van der Waals surface area contributed by atoms with Gasteiger partial charge in [-0.2, -0.15) is 0 Å². The minimum atomic E-state index is 0.000817. The zero-order chi connectivity index (χ0) is 19.5. The van der Waals surface area contributed by atoms with Gasteiger partial charge in [-0.25, -0.2) is 24.9 Å². The number of rotatable bonds is 6. The highest BCUT2D eigenvalue weighted by molar-refractivity contribution is 6.39. The number of aliphatic hydroxyl groups excluding tert-OH is 1. The molecule has 0 fully saturated rings. The third-order valence-electron chi connectivity index (χ3n) is 3.82. The molecule has 0 aliphatic carbocycles. The van der Waals surface area contributed by atoms with Crippen LogP contribution in [-0.2, 0) is 0 Å². The van der Waals surface area contributed by atoms with Crippen LogP contribution >= 0.6 is 23.2 Å². The van der Waals surface area contributed by atoms with E-state index in [0.717, 1.165) is 0 Å². The second-order valence-corrected chi connectivity index (χ2v) is 6.48. The number of nitrogens with one attached hydrogen (secondary N) is 3. The molecule has 4 rings (SSSR count). The molecule has 3 heterocycles. The lowest BCUT2D eigenvalue weighted by atomic mass is 10.2. The summed E-state index contributed by atoms with van der Waals surface area (Å²) in [5.41, 5.74) is 1.63. The van der Waals surface area contributed by atoms with Crippen LogP contribution in [0.2, 0.25) is 10.0 Å². The van der Waals surface area contributed by atoms with Gasteiger partial charge in [0.25, 0.3) is 0 Å². The summed E-state index contributed by atoms with van der Waals surface area (Å²) in [6.45, 7) is 0.386. The first-order valence-corrected chi connectivity index (χ1v) is 9.00. The van der Waals surface area contributed by atoms with E-state index in [0.29, 0.717) is 56.6 Å². The number of nitrogens with zero attached hydrogens (tertiary/aromatic N) is 5. The number of hydrogen-bond acceptors (Lipinski definition) is 8. The maximum Gasteiger partial charge on any atom is 0.183 e. The fraction of sp³-hybridized carbons (Fsp3) is 0.118. The molecule has 0 spiro atoms. The number of benzene rings is 1. The van der Waals surface area contributed by atoms with Gasteiger partial charge in [0.1, 0.15) is 35.6 Å². The van der Waals surface area contributed by atoms with Gasteiger partial charge in [0.05, 0.1) is 22.2 Å². The van der Waals surface area contributed by atoms with Crippen molar-refractivity contribution >= 4 is 51.8 Å². The molecule has 0 aliphatic heterocycles. The number of imidazole rings is 1. The van der Waals surface area contributed by atoms with Gasteiger partial charge in [0, 0.05) is 12.6 Å². The molecule has 9 nitrogen and oxygen atoms in total. The number of hydrogen-bond donors (Lipinski definition) is 4. The fourth-order valence-corrected chi connectivity index (χ4v) is 3.17. The van der Waals surface area contributed by atoms with Crippen LogP contribution in [0.3, 0.4) is 0 Å². The Labute approximate surface area is 169 Å². The van der Waals surface area contributed by atoms with E-state index in [1.807, 2.05) is 0 Å². The Morgan fingerprint density at radius 3 is 2.54 bits per heavy atom. The first kappa shape index (κ1) is 18.4. The molecule has 4 N–H and O–H groups in total. The second-order valence-electron chi connectivity index (χ2n) is 5.67. The molecule has 0 atom stereocenters. The Morgan fingerprint density at radius 2 is 1.75 bits per heavy atom. The SMILES string of the molecule is OCCNc1cc(Nc2ncnc3nc(-c4c(Cl)cccc4Cl)[nH]c23)ncn1. The van der Waals surface area contributed by atoms with Crippen LogP contribution in [0.25, 0.3) is 22.6 Å². The fourth-order valence-electron chi connectivity index (χ4n) is 2.59. The molecule has 4 aromatic rings. The average Bonchev–Trinajstić information content (AvgIpc) is 3.11. The van der Waals surface area contributed by atoms with Crippen molar-refractivity contribution in [1.29, 1.82) is 0 Å². The normalized spacial score (nSPS) is 11.0. The standard InChI is InChI=1S/C17H14Cl2N8O/c18-9-2-1-3-10(19)13(9)15-26-14-16(23-8-24-17(14)27-15)25-12-6-11(20-4-5-28)21-7-22-12/h1-3,6-8,28H,4-5H2,(H3,20,21,22,23,24,25,26,27). The topological polar surface area (TPSA) is 125 Å². The number of aromatic amines is 1. The van der Waals surface area contributed by atoms with Crippen LogP contribution < -0.4 is 10.6 Å². The minimum Gasteiger partial charge on any atom is -0.395 e. The number of fused-ring (bicyclic) bond motifs is 1. The zero-order valence-corrected chi connectivity index (χ0v) is 15.8. The molecule has 0 radical (unpaired) electrons. The Kier molecular flexibility index (Phi) is 5.20. The summed E-state index contributed by atoms with van der Waals surface area (Å²) in [5.74, 6) is 2.06. The van der Waals surface area contributed by atoms with Crippen LogP contribution in [0.1, 0.15) is 0 Å². The van der Waals surface area contributed by atoms with Gasteiger partial charge in [-0.05, 0) is 12.1 Å². The van der Waals surface area contributed by atoms with Crippen molar-refractivity contribution in [3.63, 3.8) is 0 Å². The zero-order valence-electron chi connectivity index (χ0n) is 14.3. The summed E-state index contributed by atoms with van der Waals surface area (Å²) in [5, 5.41) is 16.0. The van der Waals surface area contributed by atoms with Crippen molar-refractivity contribution in [2.45, 2.75) is 0 Å². The van der Waals surface area contributed by atoms with Gasteiger partial charge in [0.2, 0.25) is 0 Å². The van der Waals surface area contributed by atoms with Crippen molar-refractivity contribution in [2.75, 3.05) is 23.8 Å². The van der Waals surface area contributed by atoms with Gasteiger partial charge in [-0.15, -0.1) is 0 Å². The lowest BCUT2D eigenvalue weighted by molar-refractivity contribution is 0.311. The Hall–Kier alpha value is -3.01. The maximum atomic E-state index is 8.92. The molecule has 0 saturated carbocycles. The van der Waals surface area contributed by atoms with E-state index in [1.165, 1.54) is 12.7 Å². The monoisotopic (exact) mass is 416 g/mol. The van der Waals surface area contributed by atoms with E-state index in [2.05, 4.69) is 40.5 Å². The molecule has 3 aromatic heterocycles. The lowest BCUT2D eigenvalue weighted by Crippen LogP contribution is -2.07. The van der Waals surface area contributed by atoms with Gasteiger partial charge in [-0.1, -0.05) is 29.3 Å². The highest BCUT2D eigenvalue weighted by Gasteiger charge is 2.16. The Balaban J connectivity index is 1.70. The van der Waals surface area contributed by atoms with Crippen molar-refractivity contribution < 1.29 is 5.11 Å². The molecular formula is C17H14Cl2N8O. The first-order chi connectivity index (χ1) is 13.7. The van der Waals surface area contributed by atoms with Crippen LogP contribution in [-0.4, -0.2) is 48.2 Å². The quantitative estimate of drug-likeness (QED) is 0.377. The number of aliphatic hydroxyl groups is 1. The number of anilines is 3. The van der Waals surface area contributed by atoms with E-state index in [9.17, 15) is 0 Å². The summed E-state index contributed by atoms with van der Waals surface area (Å²) >= 11 is 12.6. The molecule has 1 aromatic carbocycles. The molecule has 0 bridgehead atoms. The lowest BCUT2D eigenvalue weighted by Gasteiger charge is -2.07. The van der Waals surface area contributed by atoms with Gasteiger partial charge >= 0.3 is 0 Å². The van der Waals surface area contributed by atoms with E-state index >= 15 is 0 Å². The molecule has 0 unspecified atom stereocenters. The van der Waals surface area contributed by atoms with Crippen molar-refractivity contribution in [3.8, 4) is 11.4 Å². The highest BCUT2D eigenvalue weighted by atomic mass is 35.5. The predicted molar refractivity (Wildman–Crippen MR) is 108 cm³/mol. The summed E-state index contributed by atoms with van der Waals surface area (Å²) in [7, 11) is 0. The maximum absolute atomic E-state index is 8.92. The van der Waals surface area contributed by atoms with Gasteiger partial charge in [-0.3, -0.25) is 0 Å². The second kappa shape index (κ2) is 7.93. The molecule has 11 heteroatoms. The van der Waals surface area contributed by atoms with Crippen LogP contribution in [0.4, 0.5) is 17.5 Å². The Bertz CT molecular complexity index is 1110. The number of H-pyrrole nitrogens is 1. The Morgan fingerprint density at radius 1 is 1.00 bits per heavy atom. The third-order valence-corrected chi connectivity index (χ3v) is 4.45. The average molecular weight is 417 g/mol. The molecule has 0 amide bonds. The molecule has 28 heavy (non-hydrogen) atoms. The molecule has 0 saturated heterocycles. The smallest absolute Gasteiger partial charge is 0.183 e. The van der Waals surface area contributed by atoms with Crippen LogP contribution in [0.15, 0.2) is 36.9 Å². The third kappa shape index (κ3) is 3.68.